The molecule has 0 amide bonds. The molecule has 0 atom stereocenters. The molecule has 21 rings (SSSR count). The Hall–Kier alpha value is -14.0. The maximum absolute atomic E-state index is 10.3. The lowest BCUT2D eigenvalue weighted by atomic mass is 9.33. The summed E-state index contributed by atoms with van der Waals surface area (Å²) in [6.07, 6.45) is -5.40. The van der Waals surface area contributed by atoms with Crippen LogP contribution in [-0.2, 0) is 44.8 Å². The first kappa shape index (κ1) is 84.8. The highest BCUT2D eigenvalue weighted by atomic mass is 15.2. The molecule has 0 bridgehead atoms. The molecule has 0 saturated heterocycles. The average Bonchev–Trinajstić information content (AvgIpc) is 0.827. The molecule has 0 N–H and O–H groups in total. The van der Waals surface area contributed by atoms with E-state index in [9.17, 15) is 11.0 Å². The van der Waals surface area contributed by atoms with E-state index >= 15 is 0 Å². The molecular weight excluding hydrogens is 1710 g/mol. The zero-order valence-corrected chi connectivity index (χ0v) is 86.6. The highest BCUT2D eigenvalue weighted by Gasteiger charge is 2.47. The van der Waals surface area contributed by atoms with Crippen LogP contribution in [0.1, 0.15) is 195 Å². The second-order valence-electron chi connectivity index (χ2n) is 47.8. The van der Waals surface area contributed by atoms with Crippen molar-refractivity contribution >= 4 is 101 Å². The van der Waals surface area contributed by atoms with Gasteiger partial charge in [-0.1, -0.05) is 400 Å². The minimum Gasteiger partial charge on any atom is -0.310 e. The van der Waals surface area contributed by atoms with Gasteiger partial charge in [0.25, 0.3) is 6.71 Å². The minimum atomic E-state index is -1.83. The molecule has 142 heavy (non-hydrogen) atoms. The van der Waals surface area contributed by atoms with Crippen molar-refractivity contribution in [2.75, 3.05) is 9.80 Å². The second-order valence-corrected chi connectivity index (χ2v) is 47.8. The van der Waals surface area contributed by atoms with Crippen LogP contribution in [0.4, 0.5) is 34.1 Å². The molecule has 0 unspecified atom stereocenters. The van der Waals surface area contributed by atoms with Gasteiger partial charge in [-0.15, -0.1) is 0 Å². The van der Waals surface area contributed by atoms with Gasteiger partial charge in [0.15, 0.2) is 0 Å². The Labute approximate surface area is 856 Å². The van der Waals surface area contributed by atoms with E-state index in [1.165, 1.54) is 0 Å². The zero-order valence-electron chi connectivity index (χ0n) is 94.6. The number of nitrogens with zero attached hydrogens (tertiary/aromatic N) is 4. The summed E-state index contributed by atoms with van der Waals surface area (Å²) in [5.41, 5.74) is 31.1. The van der Waals surface area contributed by atoms with Crippen molar-refractivity contribution in [1.29, 1.82) is 0 Å². The highest BCUT2D eigenvalue weighted by Crippen LogP contribution is 2.57. The molecule has 19 aromatic rings. The van der Waals surface area contributed by atoms with Crippen molar-refractivity contribution in [1.82, 2.24) is 9.13 Å². The molecule has 4 nitrogen and oxygen atoms in total. The Morgan fingerprint density at radius 3 is 0.697 bits per heavy atom. The number of aromatic nitrogens is 2. The van der Waals surface area contributed by atoms with E-state index in [1.807, 2.05) is 132 Å². The van der Waals surface area contributed by atoms with Gasteiger partial charge in [-0.05, 0) is 314 Å². The molecule has 0 saturated carbocycles. The molecule has 5 heteroatoms. The van der Waals surface area contributed by atoms with Crippen LogP contribution in [0.2, 0.25) is 0 Å². The number of hydrogen-bond acceptors (Lipinski definition) is 2. The van der Waals surface area contributed by atoms with Crippen LogP contribution in [0.15, 0.2) is 364 Å². The van der Waals surface area contributed by atoms with Crippen LogP contribution in [0.25, 0.3) is 144 Å². The monoisotopic (exact) mass is 1860 g/mol. The lowest BCUT2D eigenvalue weighted by molar-refractivity contribution is 0.410. The third kappa shape index (κ3) is 19.3. The summed E-state index contributed by atoms with van der Waals surface area (Å²) in [4.78, 5) is 5.20. The Kier molecular flexibility index (Phi) is 21.6. The molecule has 0 spiro atoms. The van der Waals surface area contributed by atoms with Gasteiger partial charge in [0.05, 0.1) is 33.4 Å². The van der Waals surface area contributed by atoms with Gasteiger partial charge < -0.3 is 18.9 Å². The Morgan fingerprint density at radius 2 is 0.451 bits per heavy atom. The quantitative estimate of drug-likeness (QED) is 0.0750. The van der Waals surface area contributed by atoms with Crippen LogP contribution >= 0.6 is 0 Å². The topological polar surface area (TPSA) is 16.3 Å². The van der Waals surface area contributed by atoms with E-state index in [0.29, 0.717) is 41.5 Å². The summed E-state index contributed by atoms with van der Waals surface area (Å²) in [5, 5.41) is 4.40. The number of rotatable bonds is 19. The maximum atomic E-state index is 10.3. The van der Waals surface area contributed by atoms with Crippen LogP contribution < -0.4 is 26.2 Å². The molecule has 2 aromatic heterocycles. The summed E-state index contributed by atoms with van der Waals surface area (Å²) < 4.78 is 87.5. The molecule has 17 aromatic carbocycles. The van der Waals surface area contributed by atoms with Crippen molar-refractivity contribution in [2.45, 2.75) is 190 Å². The van der Waals surface area contributed by atoms with Gasteiger partial charge in [-0.3, -0.25) is 0 Å². The standard InChI is InChI=1S/C137H137BN4/c1-131(2,3)82-89-38-34-50-104(66-89)110-70-93(86-135(13,14)15)71-111(105-51-35-39-90(67-105)83-132(4,5)6)129(110)141-124-80-108(139-120-62-54-100(96-42-26-22-27-43-96)76-114(120)115-77-101(55-63-121(115)139)97-44-28-23-29-45-97)58-60-118(124)138-119-61-59-109(140-122-64-56-102(98-46-30-24-31-47-98)78-116(122)117-79-103(57-65-123(117)140)99-48-32-25-33-49-99)81-125(119)142(127-75-95(88-137(19,20)21)74-126(141)128(127)138)130-112(106-52-36-40-91(68-106)84-133(7,8)9)72-94(87-136(16,17)18)73-113(130)107-53-37-41-92(69-107)85-134(10,11)12/h22-81H,82-88H2,1-21H3/i82D2,83D2,84D2,85D2. The largest absolute Gasteiger partial charge is 0.310 e. The lowest BCUT2D eigenvalue weighted by Gasteiger charge is -2.46. The number of hydrogen-bond donors (Lipinski definition) is 0. The van der Waals surface area contributed by atoms with Crippen LogP contribution in [0.5, 0.6) is 0 Å². The van der Waals surface area contributed by atoms with Crippen molar-refractivity contribution in [3.8, 4) is 100 Å². The third-order valence-electron chi connectivity index (χ3n) is 27.3. The molecule has 0 radical (unpaired) electrons. The van der Waals surface area contributed by atoms with Crippen LogP contribution in [0.3, 0.4) is 0 Å². The predicted molar refractivity (Wildman–Crippen MR) is 615 cm³/mol. The molecular formula is C137H137BN4. The van der Waals surface area contributed by atoms with Crippen molar-refractivity contribution in [2.24, 2.45) is 37.9 Å². The predicted octanol–water partition coefficient (Wildman–Crippen LogP) is 36.4. The smallest absolute Gasteiger partial charge is 0.252 e. The lowest BCUT2D eigenvalue weighted by Crippen LogP contribution is -2.61. The molecule has 2 aliphatic heterocycles. The first-order valence-corrected chi connectivity index (χ1v) is 51.0. The average molecular weight is 1860 g/mol. The fraction of sp³-hybridized carbons (Fsp3) is 0.255. The van der Waals surface area contributed by atoms with E-state index < -0.39 is 53.9 Å². The summed E-state index contributed by atoms with van der Waals surface area (Å²) in [7, 11) is 0. The van der Waals surface area contributed by atoms with Crippen LogP contribution in [0, 0.1) is 37.9 Å². The zero-order chi connectivity index (χ0) is 106. The van der Waals surface area contributed by atoms with Crippen molar-refractivity contribution < 1.29 is 11.0 Å². The van der Waals surface area contributed by atoms with E-state index in [4.69, 9.17) is 0 Å². The van der Waals surface area contributed by atoms with Gasteiger partial charge in [0.2, 0.25) is 0 Å². The number of anilines is 6. The third-order valence-corrected chi connectivity index (χ3v) is 27.3. The normalized spacial score (nSPS) is 14.4. The van der Waals surface area contributed by atoms with Gasteiger partial charge in [0.1, 0.15) is 0 Å². The number of benzene rings is 17. The summed E-state index contributed by atoms with van der Waals surface area (Å²) in [6.45, 7) is 44.0. The van der Waals surface area contributed by atoms with Crippen molar-refractivity contribution in [3.05, 3.63) is 403 Å². The molecule has 4 heterocycles. The molecule has 0 fully saturated rings. The van der Waals surface area contributed by atoms with Gasteiger partial charge in [-0.2, -0.15) is 0 Å². The van der Waals surface area contributed by atoms with E-state index in [1.54, 1.807) is 0 Å². The fourth-order valence-electron chi connectivity index (χ4n) is 22.3. The van der Waals surface area contributed by atoms with Gasteiger partial charge >= 0.3 is 0 Å². The minimum absolute atomic E-state index is 0.253. The fourth-order valence-corrected chi connectivity index (χ4v) is 22.3. The summed E-state index contributed by atoms with van der Waals surface area (Å²) in [6, 6.07) is 133. The van der Waals surface area contributed by atoms with Gasteiger partial charge in [0, 0.05) is 88.9 Å². The van der Waals surface area contributed by atoms with E-state index in [2.05, 4.69) is 397 Å². The molecule has 0 aliphatic carbocycles. The molecule has 2 aliphatic rings. The Morgan fingerprint density at radius 1 is 0.204 bits per heavy atom. The maximum Gasteiger partial charge on any atom is 0.252 e. The number of fused-ring (bicyclic) bond motifs is 10. The van der Waals surface area contributed by atoms with E-state index in [0.717, 1.165) is 211 Å². The first-order chi connectivity index (χ1) is 70.8. The van der Waals surface area contributed by atoms with E-state index in [-0.39, 0.29) is 16.2 Å². The summed E-state index contributed by atoms with van der Waals surface area (Å²) in [5.74, 6) is 0. The first-order valence-electron chi connectivity index (χ1n) is 55.0. The van der Waals surface area contributed by atoms with Gasteiger partial charge in [-0.25, -0.2) is 0 Å². The molecule has 708 valence electrons. The Bertz CT molecular complexity index is 7650. The van der Waals surface area contributed by atoms with Crippen molar-refractivity contribution in [3.63, 3.8) is 0 Å². The highest BCUT2D eigenvalue weighted by molar-refractivity contribution is 7.00. The van der Waals surface area contributed by atoms with Crippen LogP contribution in [-0.4, -0.2) is 15.8 Å². The summed E-state index contributed by atoms with van der Waals surface area (Å²) >= 11 is 0. The Balaban J connectivity index is 0.973. The second kappa shape index (κ2) is 36.2. The SMILES string of the molecule is [2H]C([2H])(c1cccc(-c2cc(CC(C)(C)C)cc(-c3cccc(C([2H])([2H])C(C)(C)C)c3)c2N2c3cc(-n4c5ccc(-c6ccccc6)cc5c5cc(-c6ccccc6)ccc54)ccc3B3c4ccc(-n5c6ccc(-c7ccccc7)cc6c6cc(-c7ccccc7)ccc65)cc4N(c4c(-c5cccc(C([2H])([2H])C(C)(C)C)c5)cc(CC(C)(C)C)cc4-c4cccc(C([2H])([2H])C(C)(C)C)c4)c4cc(CC(C)(C)C)cc2c43)c1)C(C)(C)C.